The summed E-state index contributed by atoms with van der Waals surface area (Å²) in [5, 5.41) is 6.02. The number of nitrogens with zero attached hydrogens (tertiary/aromatic N) is 2. The summed E-state index contributed by atoms with van der Waals surface area (Å²) in [6.45, 7) is 2.09. The van der Waals surface area contributed by atoms with Crippen LogP contribution in [-0.2, 0) is 0 Å². The highest BCUT2D eigenvalue weighted by Crippen LogP contribution is 2.10. The fourth-order valence-electron chi connectivity index (χ4n) is 2.13. The van der Waals surface area contributed by atoms with Crippen molar-refractivity contribution < 1.29 is 4.79 Å². The van der Waals surface area contributed by atoms with Crippen LogP contribution in [0.5, 0.6) is 0 Å². The van der Waals surface area contributed by atoms with Gasteiger partial charge in [0.2, 0.25) is 0 Å². The minimum absolute atomic E-state index is 0.0107. The van der Waals surface area contributed by atoms with Crippen molar-refractivity contribution in [1.82, 2.24) is 15.2 Å². The maximum absolute atomic E-state index is 12.1. The van der Waals surface area contributed by atoms with E-state index in [4.69, 9.17) is 0 Å². The Hall–Kier alpha value is -1.62. The van der Waals surface area contributed by atoms with Crippen LogP contribution in [0.15, 0.2) is 18.3 Å². The Balaban J connectivity index is 1.94. The lowest BCUT2D eigenvalue weighted by Crippen LogP contribution is -2.43. The smallest absolute Gasteiger partial charge is 0.251 e. The highest BCUT2D eigenvalue weighted by atomic mass is 16.1. The van der Waals surface area contributed by atoms with Crippen LogP contribution in [0.25, 0.3) is 0 Å². The molecule has 0 bridgehead atoms. The highest BCUT2D eigenvalue weighted by molar-refractivity contribution is 5.94. The normalized spacial score (nSPS) is 17.4. The van der Waals surface area contributed by atoms with Crippen LogP contribution in [0.1, 0.15) is 23.2 Å². The van der Waals surface area contributed by atoms with Crippen molar-refractivity contribution in [3.63, 3.8) is 0 Å². The molecule has 0 saturated carbocycles. The zero-order valence-corrected chi connectivity index (χ0v) is 10.9. The van der Waals surface area contributed by atoms with Crippen molar-refractivity contribution in [2.45, 2.75) is 18.9 Å². The topological polar surface area (TPSA) is 57.3 Å². The van der Waals surface area contributed by atoms with E-state index in [1.807, 2.05) is 0 Å². The monoisotopic (exact) mass is 248 g/mol. The molecule has 1 aromatic rings. The van der Waals surface area contributed by atoms with Crippen molar-refractivity contribution in [3.05, 3.63) is 23.9 Å². The van der Waals surface area contributed by atoms with Gasteiger partial charge in [-0.05, 0) is 45.1 Å². The third-order valence-electron chi connectivity index (χ3n) is 3.33. The third-order valence-corrected chi connectivity index (χ3v) is 3.33. The Bertz CT molecular complexity index is 413. The Labute approximate surface area is 108 Å². The minimum atomic E-state index is -0.0107. The molecule has 18 heavy (non-hydrogen) atoms. The van der Waals surface area contributed by atoms with Crippen LogP contribution in [0, 0.1) is 0 Å². The molecule has 2 heterocycles. The third kappa shape index (κ3) is 3.20. The molecule has 5 nitrogen and oxygen atoms in total. The molecule has 1 aromatic heterocycles. The van der Waals surface area contributed by atoms with Crippen LogP contribution in [-0.4, -0.2) is 49.0 Å². The Morgan fingerprint density at radius 2 is 2.17 bits per heavy atom. The number of amides is 1. The van der Waals surface area contributed by atoms with Crippen molar-refractivity contribution in [1.29, 1.82) is 0 Å². The van der Waals surface area contributed by atoms with Gasteiger partial charge in [0.05, 0.1) is 0 Å². The van der Waals surface area contributed by atoms with Crippen LogP contribution < -0.4 is 10.6 Å². The molecular formula is C13H20N4O. The quantitative estimate of drug-likeness (QED) is 0.836. The van der Waals surface area contributed by atoms with Crippen LogP contribution in [0.2, 0.25) is 0 Å². The number of hydrogen-bond donors (Lipinski definition) is 2. The van der Waals surface area contributed by atoms with Gasteiger partial charge >= 0.3 is 0 Å². The Kier molecular flexibility index (Phi) is 4.15. The predicted molar refractivity (Wildman–Crippen MR) is 71.8 cm³/mol. The summed E-state index contributed by atoms with van der Waals surface area (Å²) in [6.07, 6.45) is 3.69. The molecule has 0 aliphatic carbocycles. The molecular weight excluding hydrogens is 228 g/mol. The zero-order valence-electron chi connectivity index (χ0n) is 10.9. The highest BCUT2D eigenvalue weighted by Gasteiger charge is 2.19. The summed E-state index contributed by atoms with van der Waals surface area (Å²) in [6, 6.07) is 3.80. The van der Waals surface area contributed by atoms with Gasteiger partial charge in [-0.3, -0.25) is 4.79 Å². The first-order valence-electron chi connectivity index (χ1n) is 6.32. The van der Waals surface area contributed by atoms with E-state index >= 15 is 0 Å². The number of likely N-dealkylation sites (tertiary alicyclic amines) is 1. The number of piperidine rings is 1. The van der Waals surface area contributed by atoms with Gasteiger partial charge in [0, 0.05) is 24.8 Å². The first-order chi connectivity index (χ1) is 8.69. The molecule has 98 valence electrons. The van der Waals surface area contributed by atoms with E-state index in [-0.39, 0.29) is 5.91 Å². The van der Waals surface area contributed by atoms with Crippen LogP contribution in [0.4, 0.5) is 5.82 Å². The maximum Gasteiger partial charge on any atom is 0.251 e. The van der Waals surface area contributed by atoms with Crippen molar-refractivity contribution >= 4 is 11.7 Å². The number of carbonyl (C=O) groups is 1. The van der Waals surface area contributed by atoms with Gasteiger partial charge in [-0.25, -0.2) is 4.98 Å². The number of pyridine rings is 1. The van der Waals surface area contributed by atoms with E-state index in [9.17, 15) is 4.79 Å². The summed E-state index contributed by atoms with van der Waals surface area (Å²) >= 11 is 0. The lowest BCUT2D eigenvalue weighted by Gasteiger charge is -2.29. The first-order valence-corrected chi connectivity index (χ1v) is 6.32. The molecule has 5 heteroatoms. The van der Waals surface area contributed by atoms with Gasteiger partial charge in [0.1, 0.15) is 5.82 Å². The summed E-state index contributed by atoms with van der Waals surface area (Å²) < 4.78 is 0. The van der Waals surface area contributed by atoms with Crippen molar-refractivity contribution in [3.8, 4) is 0 Å². The second kappa shape index (κ2) is 5.82. The molecule has 1 amide bonds. The SMILES string of the molecule is CNc1cc(C(=O)NC2CCN(C)CC2)ccn1. The summed E-state index contributed by atoms with van der Waals surface area (Å²) in [4.78, 5) is 18.5. The fourth-order valence-corrected chi connectivity index (χ4v) is 2.13. The fraction of sp³-hybridized carbons (Fsp3) is 0.538. The van der Waals surface area contributed by atoms with Crippen LogP contribution >= 0.6 is 0 Å². The average molecular weight is 248 g/mol. The lowest BCUT2D eigenvalue weighted by atomic mass is 10.1. The lowest BCUT2D eigenvalue weighted by molar-refractivity contribution is 0.0917. The van der Waals surface area contributed by atoms with E-state index in [1.54, 1.807) is 25.4 Å². The molecule has 1 aliphatic heterocycles. The molecule has 1 fully saturated rings. The van der Waals surface area contributed by atoms with Crippen molar-refractivity contribution in [2.24, 2.45) is 0 Å². The molecule has 1 saturated heterocycles. The van der Waals surface area contributed by atoms with E-state index in [1.165, 1.54) is 0 Å². The van der Waals surface area contributed by atoms with E-state index in [0.29, 0.717) is 17.4 Å². The molecule has 2 rings (SSSR count). The molecule has 2 N–H and O–H groups in total. The van der Waals surface area contributed by atoms with Crippen molar-refractivity contribution in [2.75, 3.05) is 32.5 Å². The zero-order chi connectivity index (χ0) is 13.0. The summed E-state index contributed by atoms with van der Waals surface area (Å²) in [5.41, 5.74) is 0.660. The van der Waals surface area contributed by atoms with Gasteiger partial charge in [0.25, 0.3) is 5.91 Å². The summed E-state index contributed by atoms with van der Waals surface area (Å²) in [5.74, 6) is 0.703. The number of hydrogen-bond acceptors (Lipinski definition) is 4. The van der Waals surface area contributed by atoms with E-state index < -0.39 is 0 Å². The van der Waals surface area contributed by atoms with E-state index in [2.05, 4.69) is 27.6 Å². The standard InChI is InChI=1S/C13H20N4O/c1-14-12-9-10(3-6-15-12)13(18)16-11-4-7-17(2)8-5-11/h3,6,9,11H,4-5,7-8H2,1-2H3,(H,14,15)(H,16,18). The predicted octanol–water partition coefficient (Wildman–Crippen LogP) is 0.947. The first kappa shape index (κ1) is 12.8. The maximum atomic E-state index is 12.1. The Morgan fingerprint density at radius 3 is 2.83 bits per heavy atom. The minimum Gasteiger partial charge on any atom is -0.373 e. The summed E-state index contributed by atoms with van der Waals surface area (Å²) in [7, 11) is 3.90. The van der Waals surface area contributed by atoms with Gasteiger partial charge in [-0.15, -0.1) is 0 Å². The molecule has 0 atom stereocenters. The second-order valence-corrected chi connectivity index (χ2v) is 4.73. The number of rotatable bonds is 3. The number of carbonyl (C=O) groups excluding carboxylic acids is 1. The van der Waals surface area contributed by atoms with Gasteiger partial charge in [-0.2, -0.15) is 0 Å². The number of anilines is 1. The van der Waals surface area contributed by atoms with E-state index in [0.717, 1.165) is 25.9 Å². The largest absolute Gasteiger partial charge is 0.373 e. The molecule has 0 aromatic carbocycles. The average Bonchev–Trinajstić information content (AvgIpc) is 2.41. The molecule has 0 unspecified atom stereocenters. The van der Waals surface area contributed by atoms with Gasteiger partial charge in [0.15, 0.2) is 0 Å². The molecule has 0 radical (unpaired) electrons. The van der Waals surface area contributed by atoms with Crippen LogP contribution in [0.3, 0.4) is 0 Å². The number of nitrogens with one attached hydrogen (secondary N) is 2. The number of aromatic nitrogens is 1. The molecule has 0 spiro atoms. The second-order valence-electron chi connectivity index (χ2n) is 4.73. The molecule has 1 aliphatic rings. The van der Waals surface area contributed by atoms with Gasteiger partial charge < -0.3 is 15.5 Å². The van der Waals surface area contributed by atoms with Gasteiger partial charge in [-0.1, -0.05) is 0 Å². The Morgan fingerprint density at radius 1 is 1.44 bits per heavy atom.